The van der Waals surface area contributed by atoms with Crippen LogP contribution in [0.4, 0.5) is 4.39 Å². The van der Waals surface area contributed by atoms with Crippen LogP contribution >= 0.6 is 12.4 Å². The van der Waals surface area contributed by atoms with Crippen molar-refractivity contribution in [3.8, 4) is 0 Å². The first-order valence-electron chi connectivity index (χ1n) is 6.65. The third-order valence-corrected chi connectivity index (χ3v) is 5.36. The van der Waals surface area contributed by atoms with E-state index in [1.54, 1.807) is 12.1 Å². The Bertz CT molecular complexity index is 446. The average molecular weight is 268 g/mol. The van der Waals surface area contributed by atoms with Gasteiger partial charge >= 0.3 is 0 Å². The molecule has 0 heterocycles. The van der Waals surface area contributed by atoms with Crippen molar-refractivity contribution in [2.45, 2.75) is 43.6 Å². The third kappa shape index (κ3) is 1.48. The Hall–Kier alpha value is -0.600. The van der Waals surface area contributed by atoms with Crippen molar-refractivity contribution in [2.75, 3.05) is 0 Å². The van der Waals surface area contributed by atoms with E-state index in [9.17, 15) is 4.39 Å². The minimum atomic E-state index is -0.134. The summed E-state index contributed by atoms with van der Waals surface area (Å²) in [5.41, 5.74) is 8.50. The minimum Gasteiger partial charge on any atom is -0.327 e. The number of rotatable bonds is 3. The molecule has 0 radical (unpaired) electrons. The van der Waals surface area contributed by atoms with Gasteiger partial charge in [0, 0.05) is 6.04 Å². The van der Waals surface area contributed by atoms with Gasteiger partial charge in [-0.2, -0.15) is 0 Å². The number of nitrogens with two attached hydrogens (primary N) is 1. The van der Waals surface area contributed by atoms with Gasteiger partial charge in [0.2, 0.25) is 0 Å². The van der Waals surface area contributed by atoms with Crippen molar-refractivity contribution in [3.63, 3.8) is 0 Å². The smallest absolute Gasteiger partial charge is 0.123 e. The lowest BCUT2D eigenvalue weighted by molar-refractivity contribution is -0.161. The standard InChI is InChI=1S/C15H18FN.ClH/c16-12-5-3-11(4-6-12)14-7-15(8-14,9-14)13(17)10-1-2-10;/h3-6,10,13H,1-2,7-9,17H2;1H. The third-order valence-electron chi connectivity index (χ3n) is 5.36. The number of hydrogen-bond donors (Lipinski definition) is 1. The van der Waals surface area contributed by atoms with E-state index in [1.165, 1.54) is 37.7 Å². The largest absolute Gasteiger partial charge is 0.327 e. The predicted molar refractivity (Wildman–Crippen MR) is 72.3 cm³/mol. The SMILES string of the molecule is Cl.NC(C1CC1)C12CC(c3ccc(F)cc3)(C1)C2. The molecule has 4 aliphatic carbocycles. The highest BCUT2D eigenvalue weighted by Crippen LogP contribution is 2.76. The van der Waals surface area contributed by atoms with Gasteiger partial charge in [-0.05, 0) is 66.5 Å². The highest BCUT2D eigenvalue weighted by molar-refractivity contribution is 5.85. The summed E-state index contributed by atoms with van der Waals surface area (Å²) in [4.78, 5) is 0. The lowest BCUT2D eigenvalue weighted by Crippen LogP contribution is -2.71. The second-order valence-corrected chi connectivity index (χ2v) is 6.54. The van der Waals surface area contributed by atoms with E-state index in [2.05, 4.69) is 0 Å². The predicted octanol–water partition coefficient (Wildman–Crippen LogP) is 3.41. The van der Waals surface area contributed by atoms with Crippen molar-refractivity contribution in [3.05, 3.63) is 35.6 Å². The molecule has 2 bridgehead atoms. The minimum absolute atomic E-state index is 0. The van der Waals surface area contributed by atoms with Gasteiger partial charge in [0.25, 0.3) is 0 Å². The summed E-state index contributed by atoms with van der Waals surface area (Å²) in [6, 6.07) is 7.53. The maximum absolute atomic E-state index is 12.9. The molecule has 0 spiro atoms. The fourth-order valence-corrected chi connectivity index (χ4v) is 4.28. The Morgan fingerprint density at radius 1 is 1.11 bits per heavy atom. The molecule has 98 valence electrons. The van der Waals surface area contributed by atoms with Crippen LogP contribution in [0.15, 0.2) is 24.3 Å². The zero-order valence-corrected chi connectivity index (χ0v) is 11.2. The van der Waals surface area contributed by atoms with Crippen LogP contribution in [0.2, 0.25) is 0 Å². The molecule has 1 unspecified atom stereocenters. The maximum atomic E-state index is 12.9. The zero-order chi connectivity index (χ0) is 11.7. The fraction of sp³-hybridized carbons (Fsp3) is 0.600. The van der Waals surface area contributed by atoms with Gasteiger partial charge in [0.1, 0.15) is 5.82 Å². The summed E-state index contributed by atoms with van der Waals surface area (Å²) in [6.45, 7) is 0. The molecule has 0 amide bonds. The Kier molecular flexibility index (Phi) is 2.56. The lowest BCUT2D eigenvalue weighted by Gasteiger charge is -2.73. The molecule has 4 aliphatic rings. The van der Waals surface area contributed by atoms with Crippen LogP contribution in [-0.4, -0.2) is 6.04 Å². The summed E-state index contributed by atoms with van der Waals surface area (Å²) in [7, 11) is 0. The summed E-state index contributed by atoms with van der Waals surface area (Å²) >= 11 is 0. The van der Waals surface area contributed by atoms with Gasteiger partial charge in [-0.25, -0.2) is 4.39 Å². The van der Waals surface area contributed by atoms with E-state index >= 15 is 0 Å². The van der Waals surface area contributed by atoms with E-state index < -0.39 is 0 Å². The summed E-state index contributed by atoms with van der Waals surface area (Å²) in [5.74, 6) is 0.672. The molecule has 3 heteroatoms. The first-order chi connectivity index (χ1) is 8.14. The normalized spacial score (nSPS) is 38.1. The molecule has 0 aliphatic heterocycles. The van der Waals surface area contributed by atoms with Crippen molar-refractivity contribution >= 4 is 12.4 Å². The van der Waals surface area contributed by atoms with Crippen molar-refractivity contribution in [1.82, 2.24) is 0 Å². The van der Waals surface area contributed by atoms with E-state index in [1.807, 2.05) is 12.1 Å². The van der Waals surface area contributed by atoms with E-state index in [0.29, 0.717) is 16.9 Å². The lowest BCUT2D eigenvalue weighted by atomic mass is 9.31. The van der Waals surface area contributed by atoms with Crippen LogP contribution in [0, 0.1) is 17.2 Å². The topological polar surface area (TPSA) is 26.0 Å². The summed E-state index contributed by atoms with van der Waals surface area (Å²) in [6.07, 6.45) is 6.40. The Morgan fingerprint density at radius 3 is 2.17 bits per heavy atom. The van der Waals surface area contributed by atoms with Crippen molar-refractivity contribution in [1.29, 1.82) is 0 Å². The second kappa shape index (κ2) is 3.71. The molecular formula is C15H19ClFN. The molecule has 2 N–H and O–H groups in total. The van der Waals surface area contributed by atoms with E-state index in [-0.39, 0.29) is 18.2 Å². The van der Waals surface area contributed by atoms with E-state index in [4.69, 9.17) is 5.73 Å². The van der Waals surface area contributed by atoms with Crippen LogP contribution in [0.5, 0.6) is 0 Å². The Morgan fingerprint density at radius 2 is 1.67 bits per heavy atom. The van der Waals surface area contributed by atoms with Crippen LogP contribution in [0.25, 0.3) is 0 Å². The molecule has 1 aromatic rings. The van der Waals surface area contributed by atoms with Crippen LogP contribution in [-0.2, 0) is 5.41 Å². The van der Waals surface area contributed by atoms with Gasteiger partial charge in [-0.3, -0.25) is 0 Å². The Labute approximate surface area is 113 Å². The fourth-order valence-electron chi connectivity index (χ4n) is 4.28. The van der Waals surface area contributed by atoms with Crippen LogP contribution in [0.3, 0.4) is 0 Å². The molecule has 1 aromatic carbocycles. The van der Waals surface area contributed by atoms with Crippen LogP contribution in [0.1, 0.15) is 37.7 Å². The number of benzene rings is 1. The molecule has 4 fully saturated rings. The molecule has 1 atom stereocenters. The van der Waals surface area contributed by atoms with Gasteiger partial charge in [0.15, 0.2) is 0 Å². The highest BCUT2D eigenvalue weighted by atomic mass is 35.5. The monoisotopic (exact) mass is 267 g/mol. The first-order valence-corrected chi connectivity index (χ1v) is 6.65. The maximum Gasteiger partial charge on any atom is 0.123 e. The second-order valence-electron chi connectivity index (χ2n) is 6.54. The van der Waals surface area contributed by atoms with E-state index in [0.717, 1.165) is 5.92 Å². The highest BCUT2D eigenvalue weighted by Gasteiger charge is 2.71. The van der Waals surface area contributed by atoms with Crippen molar-refractivity contribution < 1.29 is 4.39 Å². The summed E-state index contributed by atoms with van der Waals surface area (Å²) in [5, 5.41) is 0. The Balaban J connectivity index is 0.000001000. The zero-order valence-electron chi connectivity index (χ0n) is 10.4. The molecule has 1 nitrogen and oxygen atoms in total. The van der Waals surface area contributed by atoms with Gasteiger partial charge < -0.3 is 5.73 Å². The summed E-state index contributed by atoms with van der Waals surface area (Å²) < 4.78 is 12.9. The molecule has 5 rings (SSSR count). The van der Waals surface area contributed by atoms with Gasteiger partial charge in [-0.1, -0.05) is 12.1 Å². The molecular weight excluding hydrogens is 249 g/mol. The number of halogens is 2. The van der Waals surface area contributed by atoms with Crippen LogP contribution < -0.4 is 5.73 Å². The average Bonchev–Trinajstić information content (AvgIpc) is 2.99. The molecule has 0 saturated heterocycles. The van der Waals surface area contributed by atoms with Gasteiger partial charge in [0.05, 0.1) is 0 Å². The van der Waals surface area contributed by atoms with Crippen molar-refractivity contribution in [2.24, 2.45) is 17.1 Å². The molecule has 0 aromatic heterocycles. The molecule has 18 heavy (non-hydrogen) atoms. The quantitative estimate of drug-likeness (QED) is 0.892. The molecule has 4 saturated carbocycles. The first kappa shape index (κ1) is 12.4. The number of hydrogen-bond acceptors (Lipinski definition) is 1. The van der Waals surface area contributed by atoms with Gasteiger partial charge in [-0.15, -0.1) is 12.4 Å².